The lowest BCUT2D eigenvalue weighted by Gasteiger charge is -2.16. The Kier molecular flexibility index (Phi) is 3.89. The van der Waals surface area contributed by atoms with Gasteiger partial charge in [0.25, 0.3) is 0 Å². The molecule has 0 radical (unpaired) electrons. The third-order valence-electron chi connectivity index (χ3n) is 4.36. The van der Waals surface area contributed by atoms with Crippen LogP contribution in [0.4, 0.5) is 5.82 Å². The van der Waals surface area contributed by atoms with Crippen molar-refractivity contribution >= 4 is 23.0 Å². The Hall–Kier alpha value is -1.20. The fraction of sp³-hybridized carbons (Fsp3) is 0.600. The van der Waals surface area contributed by atoms with Crippen molar-refractivity contribution in [2.24, 2.45) is 11.7 Å². The van der Waals surface area contributed by atoms with Crippen LogP contribution in [-0.2, 0) is 12.8 Å². The first-order chi connectivity index (χ1) is 9.63. The van der Waals surface area contributed by atoms with Crippen LogP contribution in [0.2, 0.25) is 0 Å². The van der Waals surface area contributed by atoms with E-state index < -0.39 is 0 Å². The van der Waals surface area contributed by atoms with Gasteiger partial charge in [-0.1, -0.05) is 12.2 Å². The van der Waals surface area contributed by atoms with Gasteiger partial charge in [0.2, 0.25) is 0 Å². The van der Waals surface area contributed by atoms with Gasteiger partial charge >= 0.3 is 0 Å². The van der Waals surface area contributed by atoms with Crippen LogP contribution in [0, 0.1) is 5.92 Å². The first kappa shape index (κ1) is 13.8. The van der Waals surface area contributed by atoms with Gasteiger partial charge in [-0.25, -0.2) is 4.98 Å². The van der Waals surface area contributed by atoms with E-state index in [2.05, 4.69) is 23.3 Å². The van der Waals surface area contributed by atoms with Crippen LogP contribution < -0.4 is 11.1 Å². The second kappa shape index (κ2) is 5.66. The zero-order chi connectivity index (χ0) is 14.1. The van der Waals surface area contributed by atoms with E-state index in [0.717, 1.165) is 37.3 Å². The van der Waals surface area contributed by atoms with Gasteiger partial charge in [-0.05, 0) is 56.8 Å². The molecule has 1 unspecified atom stereocenters. The average molecular weight is 290 g/mol. The summed E-state index contributed by atoms with van der Waals surface area (Å²) in [7, 11) is 2.17. The summed E-state index contributed by atoms with van der Waals surface area (Å²) in [6.07, 6.45) is 4.62. The molecular formula is C15H22N4S. The Morgan fingerprint density at radius 2 is 2.40 bits per heavy atom. The van der Waals surface area contributed by atoms with Crippen LogP contribution in [0.15, 0.2) is 6.07 Å². The summed E-state index contributed by atoms with van der Waals surface area (Å²) in [5.41, 5.74) is 9.30. The SMILES string of the molecule is CN1CCC(CNc2nc3c(cc2C(N)=S)CCC3)C1. The molecule has 0 saturated carbocycles. The third-order valence-corrected chi connectivity index (χ3v) is 4.58. The summed E-state index contributed by atoms with van der Waals surface area (Å²) in [5, 5.41) is 3.48. The molecule has 3 rings (SSSR count). The first-order valence-electron chi connectivity index (χ1n) is 7.38. The van der Waals surface area contributed by atoms with Crippen molar-refractivity contribution in [3.63, 3.8) is 0 Å². The fourth-order valence-corrected chi connectivity index (χ4v) is 3.38. The van der Waals surface area contributed by atoms with Gasteiger partial charge in [0.1, 0.15) is 10.8 Å². The minimum Gasteiger partial charge on any atom is -0.389 e. The highest BCUT2D eigenvalue weighted by molar-refractivity contribution is 7.80. The van der Waals surface area contributed by atoms with E-state index in [1.54, 1.807) is 0 Å². The summed E-state index contributed by atoms with van der Waals surface area (Å²) < 4.78 is 0. The van der Waals surface area contributed by atoms with E-state index in [1.807, 2.05) is 0 Å². The third kappa shape index (κ3) is 2.79. The van der Waals surface area contributed by atoms with Crippen LogP contribution in [-0.4, -0.2) is 41.6 Å². The molecule has 0 aromatic carbocycles. The predicted octanol–water partition coefficient (Wildman–Crippen LogP) is 1.57. The summed E-state index contributed by atoms with van der Waals surface area (Å²) in [6, 6.07) is 2.14. The predicted molar refractivity (Wildman–Crippen MR) is 86.2 cm³/mol. The maximum absolute atomic E-state index is 5.86. The molecule has 1 fully saturated rings. The van der Waals surface area contributed by atoms with E-state index in [1.165, 1.54) is 30.6 Å². The minimum atomic E-state index is 0.443. The van der Waals surface area contributed by atoms with Crippen LogP contribution in [0.5, 0.6) is 0 Å². The van der Waals surface area contributed by atoms with Crippen molar-refractivity contribution in [3.8, 4) is 0 Å². The molecule has 1 aliphatic heterocycles. The number of rotatable bonds is 4. The van der Waals surface area contributed by atoms with Crippen molar-refractivity contribution in [2.45, 2.75) is 25.7 Å². The number of hydrogen-bond acceptors (Lipinski definition) is 4. The van der Waals surface area contributed by atoms with E-state index in [4.69, 9.17) is 22.9 Å². The zero-order valence-corrected chi connectivity index (χ0v) is 12.8. The van der Waals surface area contributed by atoms with Crippen LogP contribution in [0.25, 0.3) is 0 Å². The van der Waals surface area contributed by atoms with Gasteiger partial charge in [0, 0.05) is 18.8 Å². The molecule has 2 heterocycles. The summed E-state index contributed by atoms with van der Waals surface area (Å²) >= 11 is 5.18. The van der Waals surface area contributed by atoms with Gasteiger partial charge in [-0.2, -0.15) is 0 Å². The second-order valence-corrected chi connectivity index (χ2v) is 6.45. The number of fused-ring (bicyclic) bond motifs is 1. The molecule has 0 amide bonds. The van der Waals surface area contributed by atoms with Crippen LogP contribution in [0.1, 0.15) is 29.7 Å². The topological polar surface area (TPSA) is 54.2 Å². The normalized spacial score (nSPS) is 21.9. The van der Waals surface area contributed by atoms with Crippen LogP contribution >= 0.6 is 12.2 Å². The number of hydrogen-bond donors (Lipinski definition) is 2. The Morgan fingerprint density at radius 1 is 1.55 bits per heavy atom. The van der Waals surface area contributed by atoms with Crippen molar-refractivity contribution < 1.29 is 0 Å². The quantitative estimate of drug-likeness (QED) is 0.824. The summed E-state index contributed by atoms with van der Waals surface area (Å²) in [5.74, 6) is 1.57. The van der Waals surface area contributed by atoms with E-state index >= 15 is 0 Å². The Bertz CT molecular complexity index is 529. The first-order valence-corrected chi connectivity index (χ1v) is 7.79. The van der Waals surface area contributed by atoms with Gasteiger partial charge in [0.05, 0.1) is 5.56 Å². The Labute approximate surface area is 125 Å². The molecule has 5 heteroatoms. The number of anilines is 1. The summed E-state index contributed by atoms with van der Waals surface area (Å²) in [6.45, 7) is 3.29. The monoisotopic (exact) mass is 290 g/mol. The number of nitrogens with one attached hydrogen (secondary N) is 1. The molecular weight excluding hydrogens is 268 g/mol. The highest BCUT2D eigenvalue weighted by Crippen LogP contribution is 2.26. The van der Waals surface area contributed by atoms with E-state index in [9.17, 15) is 0 Å². The van der Waals surface area contributed by atoms with Crippen molar-refractivity contribution in [3.05, 3.63) is 22.9 Å². The minimum absolute atomic E-state index is 0.443. The standard InChI is InChI=1S/C15H22N4S/c1-19-6-5-10(9-19)8-17-15-12(14(16)20)7-11-3-2-4-13(11)18-15/h7,10H,2-6,8-9H2,1H3,(H2,16,20)(H,17,18). The van der Waals surface area contributed by atoms with E-state index in [0.29, 0.717) is 10.9 Å². The lowest BCUT2D eigenvalue weighted by molar-refractivity contribution is 0.399. The maximum Gasteiger partial charge on any atom is 0.136 e. The Balaban J connectivity index is 1.76. The largest absolute Gasteiger partial charge is 0.389 e. The number of aryl methyl sites for hydroxylation is 2. The highest BCUT2D eigenvalue weighted by Gasteiger charge is 2.21. The molecule has 0 spiro atoms. The Morgan fingerprint density at radius 3 is 3.10 bits per heavy atom. The van der Waals surface area contributed by atoms with Crippen molar-refractivity contribution in [2.75, 3.05) is 32.0 Å². The summed E-state index contributed by atoms with van der Waals surface area (Å²) in [4.78, 5) is 7.58. The molecule has 1 aromatic rings. The average Bonchev–Trinajstić information content (AvgIpc) is 3.03. The second-order valence-electron chi connectivity index (χ2n) is 6.01. The molecule has 1 aromatic heterocycles. The number of pyridine rings is 1. The molecule has 1 aliphatic carbocycles. The molecule has 0 bridgehead atoms. The van der Waals surface area contributed by atoms with Crippen molar-refractivity contribution in [1.82, 2.24) is 9.88 Å². The van der Waals surface area contributed by atoms with Gasteiger partial charge in [-0.3, -0.25) is 0 Å². The van der Waals surface area contributed by atoms with Crippen LogP contribution in [0.3, 0.4) is 0 Å². The number of thiocarbonyl (C=S) groups is 1. The maximum atomic E-state index is 5.86. The lowest BCUT2D eigenvalue weighted by atomic mass is 10.1. The number of likely N-dealkylation sites (tertiary alicyclic amines) is 1. The molecule has 20 heavy (non-hydrogen) atoms. The molecule has 2 aliphatic rings. The molecule has 1 atom stereocenters. The number of aromatic nitrogens is 1. The smallest absolute Gasteiger partial charge is 0.136 e. The number of nitrogens with zero attached hydrogens (tertiary/aromatic N) is 2. The molecule has 108 valence electrons. The molecule has 4 nitrogen and oxygen atoms in total. The lowest BCUT2D eigenvalue weighted by Crippen LogP contribution is -2.22. The number of nitrogens with two attached hydrogens (primary N) is 1. The zero-order valence-electron chi connectivity index (χ0n) is 12.0. The van der Waals surface area contributed by atoms with E-state index in [-0.39, 0.29) is 0 Å². The molecule has 1 saturated heterocycles. The fourth-order valence-electron chi connectivity index (χ4n) is 3.23. The van der Waals surface area contributed by atoms with Gasteiger partial charge < -0.3 is 16.0 Å². The van der Waals surface area contributed by atoms with Gasteiger partial charge in [0.15, 0.2) is 0 Å². The highest BCUT2D eigenvalue weighted by atomic mass is 32.1. The van der Waals surface area contributed by atoms with Crippen molar-refractivity contribution in [1.29, 1.82) is 0 Å². The van der Waals surface area contributed by atoms with Gasteiger partial charge in [-0.15, -0.1) is 0 Å². The molecule has 3 N–H and O–H groups in total.